The van der Waals surface area contributed by atoms with Crippen LogP contribution in [0.3, 0.4) is 0 Å². The Labute approximate surface area is 124 Å². The fourth-order valence-corrected chi connectivity index (χ4v) is 2.23. The lowest BCUT2D eigenvalue weighted by atomic mass is 10.1. The molecule has 0 aromatic heterocycles. The minimum absolute atomic E-state index is 0.0257. The van der Waals surface area contributed by atoms with Gasteiger partial charge in [0.1, 0.15) is 0 Å². The van der Waals surface area contributed by atoms with Gasteiger partial charge in [0.2, 0.25) is 11.8 Å². The lowest BCUT2D eigenvalue weighted by Gasteiger charge is -2.22. The predicted molar refractivity (Wildman–Crippen MR) is 81.6 cm³/mol. The van der Waals surface area contributed by atoms with E-state index in [0.29, 0.717) is 6.04 Å². The molecule has 5 N–H and O–H groups in total. The molecule has 2 amide bonds. The number of nitrogens with zero attached hydrogens (tertiary/aromatic N) is 1. The first-order chi connectivity index (χ1) is 9.95. The Kier molecular flexibility index (Phi) is 4.80. The molecule has 1 aliphatic rings. The summed E-state index contributed by atoms with van der Waals surface area (Å²) in [5.74, 6) is -0.984. The normalized spacial score (nSPS) is 14.0. The molecule has 1 aromatic carbocycles. The van der Waals surface area contributed by atoms with Crippen molar-refractivity contribution in [1.82, 2.24) is 5.32 Å². The number of benzene rings is 1. The van der Waals surface area contributed by atoms with Crippen LogP contribution in [0, 0.1) is 6.92 Å². The van der Waals surface area contributed by atoms with E-state index in [0.717, 1.165) is 17.8 Å². The van der Waals surface area contributed by atoms with Gasteiger partial charge in [0.25, 0.3) is 0 Å². The summed E-state index contributed by atoms with van der Waals surface area (Å²) in [6.07, 6.45) is 2.50. The van der Waals surface area contributed by atoms with Crippen LogP contribution in [0.1, 0.15) is 24.0 Å². The number of carbonyl (C=O) groups excluding carboxylic acids is 2. The first-order valence-corrected chi connectivity index (χ1v) is 7.10. The fraction of sp³-hybridized carbons (Fsp3) is 0.467. The van der Waals surface area contributed by atoms with E-state index in [1.807, 2.05) is 25.1 Å². The van der Waals surface area contributed by atoms with Crippen LogP contribution in [-0.4, -0.2) is 30.9 Å². The highest BCUT2D eigenvalue weighted by Crippen LogP contribution is 2.22. The highest BCUT2D eigenvalue weighted by Gasteiger charge is 2.20. The van der Waals surface area contributed by atoms with E-state index in [1.54, 1.807) is 4.90 Å². The molecule has 0 unspecified atom stereocenters. The quantitative estimate of drug-likeness (QED) is 0.628. The van der Waals surface area contributed by atoms with Gasteiger partial charge >= 0.3 is 0 Å². The maximum atomic E-state index is 11.1. The van der Waals surface area contributed by atoms with Crippen molar-refractivity contribution >= 4 is 17.5 Å². The number of hydrogen-bond donors (Lipinski definition) is 3. The predicted octanol–water partition coefficient (Wildman–Crippen LogP) is 0.0240. The van der Waals surface area contributed by atoms with E-state index in [4.69, 9.17) is 11.5 Å². The minimum Gasteiger partial charge on any atom is -0.368 e. The van der Waals surface area contributed by atoms with E-state index in [2.05, 4.69) is 5.32 Å². The van der Waals surface area contributed by atoms with Crippen LogP contribution in [-0.2, 0) is 16.1 Å². The minimum atomic E-state index is -0.492. The molecule has 0 bridgehead atoms. The second-order valence-electron chi connectivity index (χ2n) is 5.55. The van der Waals surface area contributed by atoms with Crippen molar-refractivity contribution in [2.45, 2.75) is 32.4 Å². The lowest BCUT2D eigenvalue weighted by molar-refractivity contribution is -0.117. The van der Waals surface area contributed by atoms with Crippen LogP contribution < -0.4 is 21.7 Å². The maximum absolute atomic E-state index is 11.1. The summed E-state index contributed by atoms with van der Waals surface area (Å²) in [6, 6.07) is 6.51. The molecule has 0 aliphatic heterocycles. The number of rotatable bonds is 8. The number of aryl methyl sites for hydroxylation is 1. The molecule has 6 heteroatoms. The van der Waals surface area contributed by atoms with Crippen molar-refractivity contribution in [3.05, 3.63) is 29.3 Å². The second kappa shape index (κ2) is 6.58. The maximum Gasteiger partial charge on any atom is 0.236 e. The Bertz CT molecular complexity index is 524. The number of nitrogens with one attached hydrogen (secondary N) is 1. The molecule has 0 radical (unpaired) electrons. The van der Waals surface area contributed by atoms with E-state index in [1.165, 1.54) is 18.4 Å². The molecule has 1 saturated carbocycles. The molecule has 1 fully saturated rings. The molecule has 6 nitrogen and oxygen atoms in total. The van der Waals surface area contributed by atoms with Gasteiger partial charge in [-0.05, 0) is 43.0 Å². The van der Waals surface area contributed by atoms with Crippen molar-refractivity contribution in [2.24, 2.45) is 11.5 Å². The first-order valence-electron chi connectivity index (χ1n) is 7.10. The molecule has 0 heterocycles. The lowest BCUT2D eigenvalue weighted by Crippen LogP contribution is -2.39. The van der Waals surface area contributed by atoms with Crippen LogP contribution in [0.4, 0.5) is 5.69 Å². The van der Waals surface area contributed by atoms with Gasteiger partial charge in [0.05, 0.1) is 13.1 Å². The zero-order valence-electron chi connectivity index (χ0n) is 12.3. The van der Waals surface area contributed by atoms with Gasteiger partial charge in [-0.3, -0.25) is 9.59 Å². The summed E-state index contributed by atoms with van der Waals surface area (Å²) in [7, 11) is 0. The Morgan fingerprint density at radius 3 is 2.33 bits per heavy atom. The van der Waals surface area contributed by atoms with Crippen molar-refractivity contribution in [1.29, 1.82) is 0 Å². The SMILES string of the molecule is Cc1cc(N(CC(N)=O)CC(N)=O)ccc1CNC1CC1. The zero-order valence-corrected chi connectivity index (χ0v) is 12.3. The Balaban J connectivity index is 2.10. The summed E-state index contributed by atoms with van der Waals surface area (Å²) < 4.78 is 0. The van der Waals surface area contributed by atoms with Gasteiger partial charge in [-0.1, -0.05) is 6.07 Å². The zero-order chi connectivity index (χ0) is 15.4. The number of amides is 2. The Morgan fingerprint density at radius 2 is 1.86 bits per heavy atom. The average Bonchev–Trinajstić information content (AvgIpc) is 3.19. The molecule has 114 valence electrons. The summed E-state index contributed by atoms with van der Waals surface area (Å²) in [5.41, 5.74) is 13.5. The average molecular weight is 290 g/mol. The third kappa shape index (κ3) is 4.75. The van der Waals surface area contributed by atoms with Crippen molar-refractivity contribution < 1.29 is 9.59 Å². The topological polar surface area (TPSA) is 101 Å². The highest BCUT2D eigenvalue weighted by atomic mass is 16.2. The molecular formula is C15H22N4O2. The Hall–Kier alpha value is -2.08. The summed E-state index contributed by atoms with van der Waals surface area (Å²) in [4.78, 5) is 23.8. The van der Waals surface area contributed by atoms with Gasteiger partial charge in [0.15, 0.2) is 0 Å². The van der Waals surface area contributed by atoms with Crippen LogP contribution in [0.25, 0.3) is 0 Å². The van der Waals surface area contributed by atoms with Crippen molar-refractivity contribution in [2.75, 3.05) is 18.0 Å². The van der Waals surface area contributed by atoms with Gasteiger partial charge in [-0.2, -0.15) is 0 Å². The van der Waals surface area contributed by atoms with E-state index in [-0.39, 0.29) is 13.1 Å². The third-order valence-electron chi connectivity index (χ3n) is 3.54. The van der Waals surface area contributed by atoms with Gasteiger partial charge in [-0.15, -0.1) is 0 Å². The molecule has 2 rings (SSSR count). The molecule has 0 atom stereocenters. The number of anilines is 1. The number of primary amides is 2. The van der Waals surface area contributed by atoms with Crippen LogP contribution >= 0.6 is 0 Å². The Morgan fingerprint density at radius 1 is 1.24 bits per heavy atom. The van der Waals surface area contributed by atoms with Gasteiger partial charge < -0.3 is 21.7 Å². The monoisotopic (exact) mass is 290 g/mol. The fourth-order valence-electron chi connectivity index (χ4n) is 2.23. The highest BCUT2D eigenvalue weighted by molar-refractivity contribution is 5.84. The molecule has 1 aromatic rings. The smallest absolute Gasteiger partial charge is 0.236 e. The third-order valence-corrected chi connectivity index (χ3v) is 3.54. The number of hydrogen-bond acceptors (Lipinski definition) is 4. The molecule has 21 heavy (non-hydrogen) atoms. The van der Waals surface area contributed by atoms with E-state index in [9.17, 15) is 9.59 Å². The van der Waals surface area contributed by atoms with Gasteiger partial charge in [-0.25, -0.2) is 0 Å². The standard InChI is InChI=1S/C15H22N4O2/c1-10-6-13(19(8-14(16)20)9-15(17)21)5-2-11(10)7-18-12-3-4-12/h2,5-6,12,18H,3-4,7-9H2,1H3,(H2,16,20)(H2,17,21). The second-order valence-corrected chi connectivity index (χ2v) is 5.55. The number of nitrogens with two attached hydrogens (primary N) is 2. The molecule has 1 aliphatic carbocycles. The molecule has 0 spiro atoms. The molecular weight excluding hydrogens is 268 g/mol. The van der Waals surface area contributed by atoms with Crippen LogP contribution in [0.15, 0.2) is 18.2 Å². The summed E-state index contributed by atoms with van der Waals surface area (Å²) >= 11 is 0. The van der Waals surface area contributed by atoms with Crippen molar-refractivity contribution in [3.8, 4) is 0 Å². The van der Waals surface area contributed by atoms with Crippen molar-refractivity contribution in [3.63, 3.8) is 0 Å². The van der Waals surface area contributed by atoms with E-state index < -0.39 is 11.8 Å². The summed E-state index contributed by atoms with van der Waals surface area (Å²) in [6.45, 7) is 2.80. The van der Waals surface area contributed by atoms with Crippen LogP contribution in [0.5, 0.6) is 0 Å². The van der Waals surface area contributed by atoms with Crippen LogP contribution in [0.2, 0.25) is 0 Å². The van der Waals surface area contributed by atoms with Gasteiger partial charge in [0, 0.05) is 18.3 Å². The van der Waals surface area contributed by atoms with E-state index >= 15 is 0 Å². The molecule has 0 saturated heterocycles. The first kappa shape index (κ1) is 15.3. The number of carbonyl (C=O) groups is 2. The summed E-state index contributed by atoms with van der Waals surface area (Å²) in [5, 5.41) is 3.46. The largest absolute Gasteiger partial charge is 0.368 e.